The summed E-state index contributed by atoms with van der Waals surface area (Å²) in [5.41, 5.74) is 0.140. The van der Waals surface area contributed by atoms with Gasteiger partial charge in [0.1, 0.15) is 11.6 Å². The number of carbonyl (C=O) groups is 1. The lowest BCUT2D eigenvalue weighted by Gasteiger charge is -2.07. The highest BCUT2D eigenvalue weighted by Gasteiger charge is 2.21. The van der Waals surface area contributed by atoms with Gasteiger partial charge in [-0.25, -0.2) is 23.1 Å². The van der Waals surface area contributed by atoms with Crippen molar-refractivity contribution in [1.82, 2.24) is 15.0 Å². The molecule has 0 spiro atoms. The predicted molar refractivity (Wildman–Crippen MR) is 106 cm³/mol. The van der Waals surface area contributed by atoms with Crippen molar-refractivity contribution in [2.24, 2.45) is 0 Å². The number of alkyl halides is 2. The third-order valence-electron chi connectivity index (χ3n) is 4.15. The molecule has 0 radical (unpaired) electrons. The van der Waals surface area contributed by atoms with Crippen LogP contribution in [0.2, 0.25) is 5.02 Å². The van der Waals surface area contributed by atoms with E-state index in [-0.39, 0.29) is 38.6 Å². The molecule has 0 saturated heterocycles. The largest absolute Gasteiger partial charge is 0.337 e. The number of amides is 1. The topological polar surface area (TPSA) is 70.7 Å². The molecule has 4 aromatic rings. The molecule has 4 rings (SSSR count). The van der Waals surface area contributed by atoms with Crippen molar-refractivity contribution in [1.29, 1.82) is 0 Å². The number of thiazole rings is 1. The second-order valence-electron chi connectivity index (χ2n) is 6.20. The molecule has 0 bridgehead atoms. The molecule has 0 aliphatic heterocycles. The molecule has 2 aromatic heterocycles. The van der Waals surface area contributed by atoms with Gasteiger partial charge in [-0.1, -0.05) is 11.6 Å². The van der Waals surface area contributed by atoms with Gasteiger partial charge < -0.3 is 4.98 Å². The number of aryl methyl sites for hydroxylation is 1. The molecule has 1 amide bonds. The smallest absolute Gasteiger partial charge is 0.264 e. The Bertz CT molecular complexity index is 1240. The van der Waals surface area contributed by atoms with Gasteiger partial charge in [-0.15, -0.1) is 11.3 Å². The number of imidazole rings is 1. The number of nitrogens with one attached hydrogen (secondary N) is 2. The van der Waals surface area contributed by atoms with Gasteiger partial charge in [0.25, 0.3) is 12.3 Å². The summed E-state index contributed by atoms with van der Waals surface area (Å²) in [7, 11) is 0. The van der Waals surface area contributed by atoms with Crippen LogP contribution in [0.4, 0.5) is 18.3 Å². The summed E-state index contributed by atoms with van der Waals surface area (Å²) in [6, 6.07) is 6.17. The Labute approximate surface area is 171 Å². The standard InChI is InChI=1S/C19H12ClF3N4OS/c1-8-7-24-19(29-8)27-18(28)13-5-10(21)6-14-15(13)26-17(25-14)11-3-2-9(20)4-12(11)16(22)23/h2-7,16H,1H3,(H,25,26)(H,24,27,28). The first-order valence-corrected chi connectivity index (χ1v) is 9.52. The zero-order chi connectivity index (χ0) is 20.7. The fraction of sp³-hybridized carbons (Fsp3) is 0.105. The Kier molecular flexibility index (Phi) is 5.01. The number of benzene rings is 2. The van der Waals surface area contributed by atoms with E-state index < -0.39 is 18.1 Å². The Morgan fingerprint density at radius 2 is 2.07 bits per heavy atom. The van der Waals surface area contributed by atoms with Crippen LogP contribution in [-0.4, -0.2) is 20.9 Å². The van der Waals surface area contributed by atoms with Gasteiger partial charge in [0.05, 0.1) is 16.6 Å². The molecule has 148 valence electrons. The third-order valence-corrected chi connectivity index (χ3v) is 5.21. The van der Waals surface area contributed by atoms with Crippen molar-refractivity contribution in [3.05, 3.63) is 63.4 Å². The Hall–Kier alpha value is -2.91. The number of hydrogen-bond acceptors (Lipinski definition) is 4. The minimum atomic E-state index is -2.79. The molecule has 0 atom stereocenters. The zero-order valence-corrected chi connectivity index (χ0v) is 16.3. The lowest BCUT2D eigenvalue weighted by molar-refractivity contribution is 0.102. The fourth-order valence-corrected chi connectivity index (χ4v) is 3.73. The molecule has 5 nitrogen and oxygen atoms in total. The molecule has 10 heteroatoms. The number of rotatable bonds is 4. The average molecular weight is 437 g/mol. The molecular weight excluding hydrogens is 425 g/mol. The summed E-state index contributed by atoms with van der Waals surface area (Å²) >= 11 is 7.09. The number of anilines is 1. The maximum Gasteiger partial charge on any atom is 0.264 e. The van der Waals surface area contributed by atoms with E-state index in [0.29, 0.717) is 5.13 Å². The van der Waals surface area contributed by atoms with E-state index in [1.54, 1.807) is 6.20 Å². The lowest BCUT2D eigenvalue weighted by atomic mass is 10.1. The van der Waals surface area contributed by atoms with Crippen LogP contribution < -0.4 is 5.32 Å². The Balaban J connectivity index is 1.81. The van der Waals surface area contributed by atoms with Crippen molar-refractivity contribution in [2.45, 2.75) is 13.3 Å². The highest BCUT2D eigenvalue weighted by molar-refractivity contribution is 7.15. The van der Waals surface area contributed by atoms with Crippen molar-refractivity contribution in [3.8, 4) is 11.4 Å². The summed E-state index contributed by atoms with van der Waals surface area (Å²) in [6.45, 7) is 1.83. The number of hydrogen-bond donors (Lipinski definition) is 2. The molecule has 0 aliphatic carbocycles. The quantitative estimate of drug-likeness (QED) is 0.413. The van der Waals surface area contributed by atoms with Crippen LogP contribution in [0.15, 0.2) is 36.5 Å². The zero-order valence-electron chi connectivity index (χ0n) is 14.8. The van der Waals surface area contributed by atoms with E-state index >= 15 is 0 Å². The Morgan fingerprint density at radius 1 is 1.28 bits per heavy atom. The number of nitrogens with zero attached hydrogens (tertiary/aromatic N) is 2. The average Bonchev–Trinajstić information content (AvgIpc) is 3.26. The summed E-state index contributed by atoms with van der Waals surface area (Å²) in [4.78, 5) is 24.7. The number of fused-ring (bicyclic) bond motifs is 1. The third kappa shape index (κ3) is 3.83. The van der Waals surface area contributed by atoms with Gasteiger partial charge in [0.2, 0.25) is 0 Å². The van der Waals surface area contributed by atoms with Crippen molar-refractivity contribution < 1.29 is 18.0 Å². The summed E-state index contributed by atoms with van der Waals surface area (Å²) < 4.78 is 41.0. The molecule has 2 N–H and O–H groups in total. The molecule has 0 aliphatic rings. The lowest BCUT2D eigenvalue weighted by Crippen LogP contribution is -2.12. The fourth-order valence-electron chi connectivity index (χ4n) is 2.89. The molecular formula is C19H12ClF3N4OS. The van der Waals surface area contributed by atoms with E-state index in [1.807, 2.05) is 6.92 Å². The number of halogens is 4. The first-order valence-electron chi connectivity index (χ1n) is 8.33. The highest BCUT2D eigenvalue weighted by atomic mass is 35.5. The Morgan fingerprint density at radius 3 is 2.76 bits per heavy atom. The number of carbonyl (C=O) groups excluding carboxylic acids is 1. The molecule has 2 aromatic carbocycles. The normalized spacial score (nSPS) is 11.4. The van der Waals surface area contributed by atoms with Crippen LogP contribution in [0.5, 0.6) is 0 Å². The van der Waals surface area contributed by atoms with E-state index in [0.717, 1.165) is 23.1 Å². The number of H-pyrrole nitrogens is 1. The van der Waals surface area contributed by atoms with Gasteiger partial charge in [-0.05, 0) is 31.2 Å². The van der Waals surface area contributed by atoms with Crippen LogP contribution in [0, 0.1) is 12.7 Å². The highest BCUT2D eigenvalue weighted by Crippen LogP contribution is 2.33. The maximum absolute atomic E-state index is 14.1. The molecule has 29 heavy (non-hydrogen) atoms. The van der Waals surface area contributed by atoms with Crippen molar-refractivity contribution in [3.63, 3.8) is 0 Å². The maximum atomic E-state index is 14.1. The molecule has 0 unspecified atom stereocenters. The van der Waals surface area contributed by atoms with Gasteiger partial charge in [-0.3, -0.25) is 10.1 Å². The summed E-state index contributed by atoms with van der Waals surface area (Å²) in [6.07, 6.45) is -1.19. The second kappa shape index (κ2) is 7.49. The second-order valence-corrected chi connectivity index (χ2v) is 7.87. The van der Waals surface area contributed by atoms with E-state index in [1.165, 1.54) is 23.5 Å². The predicted octanol–water partition coefficient (Wildman–Crippen LogP) is 5.98. The SMILES string of the molecule is Cc1cnc(NC(=O)c2cc(F)cc3nc(-c4ccc(Cl)cc4C(F)F)[nH]c23)s1. The summed E-state index contributed by atoms with van der Waals surface area (Å²) in [5, 5.41) is 3.12. The van der Waals surface area contributed by atoms with Gasteiger partial charge in [0.15, 0.2) is 5.13 Å². The number of aromatic amines is 1. The van der Waals surface area contributed by atoms with Crippen LogP contribution in [0.1, 0.15) is 27.2 Å². The molecule has 0 saturated carbocycles. The van der Waals surface area contributed by atoms with Gasteiger partial charge >= 0.3 is 0 Å². The van der Waals surface area contributed by atoms with E-state index in [9.17, 15) is 18.0 Å². The monoisotopic (exact) mass is 436 g/mol. The first kappa shape index (κ1) is 19.4. The van der Waals surface area contributed by atoms with Crippen LogP contribution >= 0.6 is 22.9 Å². The van der Waals surface area contributed by atoms with E-state index in [4.69, 9.17) is 11.6 Å². The van der Waals surface area contributed by atoms with Crippen molar-refractivity contribution in [2.75, 3.05) is 5.32 Å². The molecule has 0 fully saturated rings. The first-order chi connectivity index (χ1) is 13.8. The number of aromatic nitrogens is 3. The van der Waals surface area contributed by atoms with Crippen LogP contribution in [0.3, 0.4) is 0 Å². The van der Waals surface area contributed by atoms with Crippen molar-refractivity contribution >= 4 is 45.0 Å². The summed E-state index contributed by atoms with van der Waals surface area (Å²) in [5.74, 6) is -1.19. The van der Waals surface area contributed by atoms with E-state index in [2.05, 4.69) is 20.3 Å². The minimum absolute atomic E-state index is 0.0147. The van der Waals surface area contributed by atoms with Gasteiger partial charge in [0, 0.05) is 33.3 Å². The van der Waals surface area contributed by atoms with Gasteiger partial charge in [-0.2, -0.15) is 0 Å². The van der Waals surface area contributed by atoms with Crippen LogP contribution in [-0.2, 0) is 0 Å². The van der Waals surface area contributed by atoms with Crippen LogP contribution in [0.25, 0.3) is 22.4 Å². The minimum Gasteiger partial charge on any atom is -0.337 e. The molecule has 2 heterocycles.